The van der Waals surface area contributed by atoms with Crippen LogP contribution in [-0.2, 0) is 11.3 Å². The summed E-state index contributed by atoms with van der Waals surface area (Å²) in [5, 5.41) is 8.93. The Morgan fingerprint density at radius 1 is 0.938 bits per heavy atom. The molecule has 4 N–H and O–H groups in total. The van der Waals surface area contributed by atoms with Crippen molar-refractivity contribution in [3.05, 3.63) is 72.7 Å². The van der Waals surface area contributed by atoms with Gasteiger partial charge in [-0.05, 0) is 41.3 Å². The molecule has 0 spiro atoms. The average Bonchev–Trinajstić information content (AvgIpc) is 3.47. The molecule has 0 atom stereocenters. The fraction of sp³-hybridized carbons (Fsp3) is 0.167. The molecule has 0 amide bonds. The van der Waals surface area contributed by atoms with Crippen LogP contribution < -0.4 is 15.4 Å². The van der Waals surface area contributed by atoms with Gasteiger partial charge in [-0.3, -0.25) is 0 Å². The molecular formula is C24H24N6O2. The highest BCUT2D eigenvalue weighted by molar-refractivity contribution is 5.94. The molecule has 0 unspecified atom stereocenters. The molecule has 0 aliphatic heterocycles. The zero-order valence-corrected chi connectivity index (χ0v) is 17.7. The number of benzene rings is 2. The van der Waals surface area contributed by atoms with Gasteiger partial charge in [0.1, 0.15) is 18.2 Å². The van der Waals surface area contributed by atoms with E-state index in [1.807, 2.05) is 36.7 Å². The van der Waals surface area contributed by atoms with Crippen LogP contribution in [0.15, 0.2) is 67.1 Å². The summed E-state index contributed by atoms with van der Waals surface area (Å²) >= 11 is 0. The van der Waals surface area contributed by atoms with Crippen LogP contribution in [0.1, 0.15) is 5.56 Å². The summed E-state index contributed by atoms with van der Waals surface area (Å²) in [5.74, 6) is 2.00. The Bertz CT molecular complexity index is 1340. The molecule has 162 valence electrons. The number of aromatic nitrogens is 4. The minimum absolute atomic E-state index is 0.479. The Labute approximate surface area is 185 Å². The van der Waals surface area contributed by atoms with Crippen molar-refractivity contribution in [3.8, 4) is 5.75 Å². The molecule has 0 radical (unpaired) electrons. The summed E-state index contributed by atoms with van der Waals surface area (Å²) in [6.07, 6.45) is 5.58. The van der Waals surface area contributed by atoms with Gasteiger partial charge in [-0.1, -0.05) is 6.07 Å². The number of rotatable bonds is 9. The van der Waals surface area contributed by atoms with Gasteiger partial charge >= 0.3 is 0 Å². The molecule has 3 aromatic heterocycles. The Morgan fingerprint density at radius 3 is 2.78 bits per heavy atom. The zero-order valence-electron chi connectivity index (χ0n) is 17.7. The van der Waals surface area contributed by atoms with E-state index >= 15 is 0 Å². The maximum absolute atomic E-state index is 5.80. The lowest BCUT2D eigenvalue weighted by Crippen LogP contribution is -2.06. The third-order valence-electron chi connectivity index (χ3n) is 5.19. The van der Waals surface area contributed by atoms with Gasteiger partial charge in [0.25, 0.3) is 0 Å². The zero-order chi connectivity index (χ0) is 21.8. The largest absolute Gasteiger partial charge is 0.491 e. The van der Waals surface area contributed by atoms with Crippen LogP contribution in [-0.4, -0.2) is 40.3 Å². The first-order valence-corrected chi connectivity index (χ1v) is 10.4. The molecule has 8 nitrogen and oxygen atoms in total. The Hall–Kier alpha value is -4.04. The number of H-pyrrole nitrogens is 2. The van der Waals surface area contributed by atoms with Gasteiger partial charge in [-0.2, -0.15) is 4.98 Å². The van der Waals surface area contributed by atoms with E-state index in [1.54, 1.807) is 13.3 Å². The van der Waals surface area contributed by atoms with Crippen molar-refractivity contribution in [2.45, 2.75) is 6.54 Å². The molecule has 5 aromatic rings. The van der Waals surface area contributed by atoms with Gasteiger partial charge < -0.3 is 30.1 Å². The first-order valence-electron chi connectivity index (χ1n) is 10.4. The Morgan fingerprint density at radius 2 is 1.84 bits per heavy atom. The van der Waals surface area contributed by atoms with Gasteiger partial charge in [0.2, 0.25) is 5.95 Å². The maximum Gasteiger partial charge on any atom is 0.229 e. The fourth-order valence-corrected chi connectivity index (χ4v) is 3.61. The van der Waals surface area contributed by atoms with E-state index in [2.05, 4.69) is 54.8 Å². The summed E-state index contributed by atoms with van der Waals surface area (Å²) in [5.41, 5.74) is 4.15. The third kappa shape index (κ3) is 4.35. The van der Waals surface area contributed by atoms with Crippen LogP contribution in [0.3, 0.4) is 0 Å². The van der Waals surface area contributed by atoms with Crippen LogP contribution in [0, 0.1) is 0 Å². The molecule has 0 aliphatic rings. The first-order chi connectivity index (χ1) is 15.8. The summed E-state index contributed by atoms with van der Waals surface area (Å²) in [7, 11) is 1.65. The number of ether oxygens (including phenoxy) is 2. The smallest absolute Gasteiger partial charge is 0.229 e. The van der Waals surface area contributed by atoms with Crippen LogP contribution in [0.4, 0.5) is 17.5 Å². The van der Waals surface area contributed by atoms with Crippen molar-refractivity contribution in [1.29, 1.82) is 0 Å². The number of aromatic amines is 2. The lowest BCUT2D eigenvalue weighted by Gasteiger charge is -2.12. The van der Waals surface area contributed by atoms with Crippen molar-refractivity contribution in [2.24, 2.45) is 0 Å². The monoisotopic (exact) mass is 428 g/mol. The van der Waals surface area contributed by atoms with E-state index in [0.29, 0.717) is 25.7 Å². The van der Waals surface area contributed by atoms with Crippen molar-refractivity contribution in [3.63, 3.8) is 0 Å². The number of methoxy groups -OCH3 is 1. The quantitative estimate of drug-likeness (QED) is 0.251. The molecule has 0 fully saturated rings. The second-order valence-corrected chi connectivity index (χ2v) is 7.39. The number of nitrogens with zero attached hydrogens (tertiary/aromatic N) is 2. The number of hydrogen-bond acceptors (Lipinski definition) is 6. The molecule has 0 bridgehead atoms. The molecule has 0 saturated heterocycles. The van der Waals surface area contributed by atoms with Crippen molar-refractivity contribution in [1.82, 2.24) is 19.9 Å². The predicted octanol–water partition coefficient (Wildman–Crippen LogP) is 4.82. The third-order valence-corrected chi connectivity index (χ3v) is 5.19. The standard InChI is InChI=1S/C24H24N6O2/c1-31-10-11-32-18-13-21-19(5-8-26-21)22(14-18)29-24-27-9-6-23(30-24)28-15-16-2-3-20-17(12-16)4-7-25-20/h2-9,12-14,25-26H,10-11,15H2,1H3,(H2,27,28,29,30). The summed E-state index contributed by atoms with van der Waals surface area (Å²) in [6, 6.07) is 16.2. The van der Waals surface area contributed by atoms with E-state index in [0.717, 1.165) is 33.7 Å². The predicted molar refractivity (Wildman–Crippen MR) is 127 cm³/mol. The summed E-state index contributed by atoms with van der Waals surface area (Å²) in [4.78, 5) is 15.4. The minimum Gasteiger partial charge on any atom is -0.491 e. The molecule has 0 saturated carbocycles. The molecule has 2 aromatic carbocycles. The van der Waals surface area contributed by atoms with Gasteiger partial charge in [0.15, 0.2) is 0 Å². The van der Waals surface area contributed by atoms with Gasteiger partial charge in [0.05, 0.1) is 17.8 Å². The highest BCUT2D eigenvalue weighted by atomic mass is 16.5. The van der Waals surface area contributed by atoms with Crippen molar-refractivity contribution >= 4 is 39.3 Å². The first kappa shape index (κ1) is 19.9. The summed E-state index contributed by atoms with van der Waals surface area (Å²) in [6.45, 7) is 1.68. The van der Waals surface area contributed by atoms with E-state index in [9.17, 15) is 0 Å². The van der Waals surface area contributed by atoms with Crippen LogP contribution in [0.5, 0.6) is 5.75 Å². The van der Waals surface area contributed by atoms with E-state index < -0.39 is 0 Å². The number of anilines is 3. The molecule has 8 heteroatoms. The van der Waals surface area contributed by atoms with Crippen LogP contribution in [0.25, 0.3) is 21.8 Å². The number of hydrogen-bond donors (Lipinski definition) is 4. The van der Waals surface area contributed by atoms with Gasteiger partial charge in [0, 0.05) is 55.3 Å². The minimum atomic E-state index is 0.479. The van der Waals surface area contributed by atoms with Gasteiger partial charge in [-0.25, -0.2) is 4.98 Å². The van der Waals surface area contributed by atoms with E-state index in [4.69, 9.17) is 9.47 Å². The lowest BCUT2D eigenvalue weighted by molar-refractivity contribution is 0.146. The number of nitrogens with one attached hydrogen (secondary N) is 4. The van der Waals surface area contributed by atoms with Crippen LogP contribution in [0.2, 0.25) is 0 Å². The molecule has 3 heterocycles. The topological polar surface area (TPSA) is 99.9 Å². The second-order valence-electron chi connectivity index (χ2n) is 7.39. The molecule has 0 aliphatic carbocycles. The Balaban J connectivity index is 1.32. The Kier molecular flexibility index (Phi) is 5.59. The normalized spacial score (nSPS) is 11.2. The lowest BCUT2D eigenvalue weighted by atomic mass is 10.1. The van der Waals surface area contributed by atoms with E-state index in [-0.39, 0.29) is 0 Å². The maximum atomic E-state index is 5.80. The second kappa shape index (κ2) is 8.99. The van der Waals surface area contributed by atoms with Crippen molar-refractivity contribution < 1.29 is 9.47 Å². The highest BCUT2D eigenvalue weighted by Crippen LogP contribution is 2.30. The molecule has 5 rings (SSSR count). The van der Waals surface area contributed by atoms with E-state index in [1.165, 1.54) is 10.9 Å². The highest BCUT2D eigenvalue weighted by Gasteiger charge is 2.09. The number of fused-ring (bicyclic) bond motifs is 2. The molecule has 32 heavy (non-hydrogen) atoms. The average molecular weight is 428 g/mol. The molecular weight excluding hydrogens is 404 g/mol. The summed E-state index contributed by atoms with van der Waals surface area (Å²) < 4.78 is 10.9. The van der Waals surface area contributed by atoms with Crippen LogP contribution >= 0.6 is 0 Å². The SMILES string of the molecule is COCCOc1cc(Nc2nccc(NCc3ccc4[nH]ccc4c3)n2)c2cc[nH]c2c1. The fourth-order valence-electron chi connectivity index (χ4n) is 3.61. The van der Waals surface area contributed by atoms with Gasteiger partial charge in [-0.15, -0.1) is 0 Å². The van der Waals surface area contributed by atoms with Crippen molar-refractivity contribution in [2.75, 3.05) is 31.0 Å².